The molecule has 172 valence electrons. The third-order valence-corrected chi connectivity index (χ3v) is 7.82. The third kappa shape index (κ3) is 3.17. The summed E-state index contributed by atoms with van der Waals surface area (Å²) < 4.78 is 18.4. The van der Waals surface area contributed by atoms with Gasteiger partial charge >= 0.3 is 0 Å². The monoisotopic (exact) mass is 452 g/mol. The third-order valence-electron chi connectivity index (χ3n) is 7.82. The molecule has 1 spiro atoms. The molecular formula is C29H28N2O3. The molecule has 5 nitrogen and oxygen atoms in total. The Labute approximate surface area is 200 Å². The van der Waals surface area contributed by atoms with E-state index >= 15 is 0 Å². The molecule has 1 aliphatic carbocycles. The van der Waals surface area contributed by atoms with Crippen molar-refractivity contribution in [1.82, 2.24) is 5.01 Å². The number of fused-ring (bicyclic) bond motifs is 5. The van der Waals surface area contributed by atoms with Crippen LogP contribution in [0.15, 0.2) is 77.9 Å². The first-order chi connectivity index (χ1) is 16.8. The van der Waals surface area contributed by atoms with Crippen LogP contribution in [-0.4, -0.2) is 29.7 Å². The Bertz CT molecular complexity index is 1250. The Balaban J connectivity index is 1.23. The van der Waals surface area contributed by atoms with Crippen LogP contribution in [-0.2, 0) is 0 Å². The van der Waals surface area contributed by atoms with Crippen molar-refractivity contribution >= 4 is 5.71 Å². The predicted octanol–water partition coefficient (Wildman–Crippen LogP) is 6.06. The van der Waals surface area contributed by atoms with Gasteiger partial charge in [-0.15, -0.1) is 0 Å². The smallest absolute Gasteiger partial charge is 0.198 e. The molecule has 0 bridgehead atoms. The highest BCUT2D eigenvalue weighted by atomic mass is 16.6. The van der Waals surface area contributed by atoms with E-state index in [9.17, 15) is 0 Å². The van der Waals surface area contributed by atoms with Gasteiger partial charge in [-0.2, -0.15) is 5.10 Å². The highest BCUT2D eigenvalue weighted by Crippen LogP contribution is 2.53. The quantitative estimate of drug-likeness (QED) is 0.474. The second-order valence-corrected chi connectivity index (χ2v) is 9.74. The summed E-state index contributed by atoms with van der Waals surface area (Å²) in [5, 5.41) is 7.53. The van der Waals surface area contributed by atoms with Gasteiger partial charge in [0.1, 0.15) is 19.0 Å². The van der Waals surface area contributed by atoms with Crippen LogP contribution >= 0.6 is 0 Å². The average molecular weight is 453 g/mol. The number of nitrogens with zero attached hydrogens (tertiary/aromatic N) is 2. The molecule has 1 saturated carbocycles. The van der Waals surface area contributed by atoms with Crippen LogP contribution in [0.3, 0.4) is 0 Å². The maximum absolute atomic E-state index is 6.81. The highest BCUT2D eigenvalue weighted by Gasteiger charge is 2.52. The SMILES string of the molecule is c1ccc(C2CCC3(CC2)Oc2ccccc2[C@@H]2CC(c4ccc5c(c4)OCCO5)=NN23)cc1. The van der Waals surface area contributed by atoms with Crippen LogP contribution in [0.1, 0.15) is 60.8 Å². The number of benzene rings is 3. The molecule has 0 N–H and O–H groups in total. The van der Waals surface area contributed by atoms with E-state index in [1.807, 2.05) is 6.07 Å². The molecule has 4 aliphatic rings. The standard InChI is InChI=1S/C29H28N2O3/c1-2-6-20(7-3-1)21-12-14-29(15-13-21)31-25(23-8-4-5-9-26(23)34-29)19-24(30-31)22-10-11-27-28(18-22)33-17-16-32-27/h1-11,18,21,25H,12-17,19H2/t21?,25-,29?/m0/s1. The lowest BCUT2D eigenvalue weighted by Crippen LogP contribution is -2.55. The first kappa shape index (κ1) is 20.0. The summed E-state index contributed by atoms with van der Waals surface area (Å²) in [6.45, 7) is 1.19. The molecule has 1 atom stereocenters. The average Bonchev–Trinajstić information content (AvgIpc) is 3.37. The lowest BCUT2D eigenvalue weighted by Gasteiger charge is -2.50. The summed E-state index contributed by atoms with van der Waals surface area (Å²) in [6.07, 6.45) is 5.00. The van der Waals surface area contributed by atoms with E-state index < -0.39 is 0 Å². The number of ether oxygens (including phenoxy) is 3. The molecule has 5 heteroatoms. The van der Waals surface area contributed by atoms with Gasteiger partial charge in [0.2, 0.25) is 0 Å². The maximum atomic E-state index is 6.81. The van der Waals surface area contributed by atoms with Crippen molar-refractivity contribution in [2.24, 2.45) is 5.10 Å². The summed E-state index contributed by atoms with van der Waals surface area (Å²) in [6, 6.07) is 25.8. The largest absolute Gasteiger partial charge is 0.486 e. The minimum atomic E-state index is -0.389. The zero-order chi connectivity index (χ0) is 22.5. The van der Waals surface area contributed by atoms with Gasteiger partial charge in [0.25, 0.3) is 0 Å². The first-order valence-corrected chi connectivity index (χ1v) is 12.4. The van der Waals surface area contributed by atoms with Gasteiger partial charge in [-0.1, -0.05) is 48.5 Å². The molecule has 0 saturated heterocycles. The Morgan fingerprint density at radius 1 is 0.794 bits per heavy atom. The van der Waals surface area contributed by atoms with Crippen LogP contribution in [0.4, 0.5) is 0 Å². The first-order valence-electron chi connectivity index (χ1n) is 12.4. The fourth-order valence-electron chi connectivity index (χ4n) is 6.08. The second-order valence-electron chi connectivity index (χ2n) is 9.74. The van der Waals surface area contributed by atoms with E-state index in [2.05, 4.69) is 71.7 Å². The van der Waals surface area contributed by atoms with E-state index in [4.69, 9.17) is 19.3 Å². The number of hydrazone groups is 1. The van der Waals surface area contributed by atoms with Gasteiger partial charge in [0.15, 0.2) is 17.2 Å². The van der Waals surface area contributed by atoms with E-state index in [0.717, 1.165) is 60.6 Å². The Morgan fingerprint density at radius 3 is 2.41 bits per heavy atom. The van der Waals surface area contributed by atoms with Gasteiger partial charge in [-0.25, -0.2) is 5.01 Å². The number of para-hydroxylation sites is 1. The molecule has 0 amide bonds. The zero-order valence-corrected chi connectivity index (χ0v) is 19.2. The zero-order valence-electron chi connectivity index (χ0n) is 19.2. The molecule has 3 aliphatic heterocycles. The van der Waals surface area contributed by atoms with Gasteiger partial charge in [-0.05, 0) is 48.6 Å². The Morgan fingerprint density at radius 2 is 1.56 bits per heavy atom. The normalized spacial score (nSPS) is 26.9. The second kappa shape index (κ2) is 7.79. The van der Waals surface area contributed by atoms with Gasteiger partial charge in [0.05, 0.1) is 11.8 Å². The van der Waals surface area contributed by atoms with Crippen molar-refractivity contribution in [2.45, 2.75) is 49.8 Å². The van der Waals surface area contributed by atoms with Crippen LogP contribution in [0.25, 0.3) is 0 Å². The number of rotatable bonds is 2. The van der Waals surface area contributed by atoms with Crippen molar-refractivity contribution in [3.05, 3.63) is 89.5 Å². The van der Waals surface area contributed by atoms with Crippen molar-refractivity contribution < 1.29 is 14.2 Å². The maximum Gasteiger partial charge on any atom is 0.198 e. The Hall–Kier alpha value is -3.47. The van der Waals surface area contributed by atoms with Crippen LogP contribution in [0.2, 0.25) is 0 Å². The van der Waals surface area contributed by atoms with Crippen molar-refractivity contribution in [2.75, 3.05) is 13.2 Å². The molecule has 34 heavy (non-hydrogen) atoms. The van der Waals surface area contributed by atoms with E-state index in [1.165, 1.54) is 11.1 Å². The fourth-order valence-corrected chi connectivity index (χ4v) is 6.08. The molecule has 7 rings (SSSR count). The summed E-state index contributed by atoms with van der Waals surface area (Å²) in [5.74, 6) is 3.22. The van der Waals surface area contributed by atoms with Crippen LogP contribution in [0.5, 0.6) is 17.2 Å². The van der Waals surface area contributed by atoms with E-state index in [-0.39, 0.29) is 11.8 Å². The lowest BCUT2D eigenvalue weighted by molar-refractivity contribution is -0.142. The van der Waals surface area contributed by atoms with Gasteiger partial charge in [0, 0.05) is 30.4 Å². The summed E-state index contributed by atoms with van der Waals surface area (Å²) in [4.78, 5) is 0. The van der Waals surface area contributed by atoms with Crippen molar-refractivity contribution in [3.63, 3.8) is 0 Å². The number of hydrogen-bond donors (Lipinski definition) is 0. The summed E-state index contributed by atoms with van der Waals surface area (Å²) in [5.41, 5.74) is 4.47. The van der Waals surface area contributed by atoms with Crippen LogP contribution in [0, 0.1) is 0 Å². The van der Waals surface area contributed by atoms with Gasteiger partial charge < -0.3 is 14.2 Å². The highest BCUT2D eigenvalue weighted by molar-refractivity contribution is 6.02. The Kier molecular flexibility index (Phi) is 4.57. The van der Waals surface area contributed by atoms with Gasteiger partial charge in [-0.3, -0.25) is 0 Å². The van der Waals surface area contributed by atoms with E-state index in [1.54, 1.807) is 0 Å². The molecule has 3 aromatic rings. The minimum absolute atomic E-state index is 0.196. The molecule has 0 unspecified atom stereocenters. The minimum Gasteiger partial charge on any atom is -0.486 e. The predicted molar refractivity (Wildman–Crippen MR) is 131 cm³/mol. The molecule has 0 aromatic heterocycles. The lowest BCUT2D eigenvalue weighted by atomic mass is 9.78. The van der Waals surface area contributed by atoms with E-state index in [0.29, 0.717) is 19.1 Å². The topological polar surface area (TPSA) is 43.3 Å². The molecule has 3 aromatic carbocycles. The molecular weight excluding hydrogens is 424 g/mol. The van der Waals surface area contributed by atoms with Crippen LogP contribution < -0.4 is 14.2 Å². The number of hydrogen-bond acceptors (Lipinski definition) is 5. The fraction of sp³-hybridized carbons (Fsp3) is 0.345. The molecule has 1 fully saturated rings. The van der Waals surface area contributed by atoms with Crippen molar-refractivity contribution in [1.29, 1.82) is 0 Å². The summed E-state index contributed by atoms with van der Waals surface area (Å²) >= 11 is 0. The molecule has 3 heterocycles. The summed E-state index contributed by atoms with van der Waals surface area (Å²) in [7, 11) is 0. The molecule has 0 radical (unpaired) electrons. The van der Waals surface area contributed by atoms with Crippen molar-refractivity contribution in [3.8, 4) is 17.2 Å².